The van der Waals surface area contributed by atoms with Crippen LogP contribution in [0.4, 0.5) is 0 Å². The largest absolute Gasteiger partial charge is 0.480 e. The van der Waals surface area contributed by atoms with E-state index >= 15 is 0 Å². The summed E-state index contributed by atoms with van der Waals surface area (Å²) in [5, 5.41) is 25.0. The van der Waals surface area contributed by atoms with Crippen molar-refractivity contribution in [2.45, 2.75) is 167 Å². The monoisotopic (exact) mass is 799 g/mol. The van der Waals surface area contributed by atoms with Crippen molar-refractivity contribution in [3.05, 3.63) is 35.9 Å². The Bertz CT molecular complexity index is 1510. The van der Waals surface area contributed by atoms with Crippen molar-refractivity contribution in [2.75, 3.05) is 6.54 Å². The second kappa shape index (κ2) is 25.3. The van der Waals surface area contributed by atoms with Crippen LogP contribution in [0, 0.1) is 0 Å². The van der Waals surface area contributed by atoms with Crippen LogP contribution >= 0.6 is 0 Å². The van der Waals surface area contributed by atoms with Crippen molar-refractivity contribution in [3.63, 3.8) is 0 Å². The number of carbonyl (C=O) groups excluding carboxylic acids is 7. The second-order valence-electron chi connectivity index (χ2n) is 15.1. The highest BCUT2D eigenvalue weighted by Crippen LogP contribution is 2.19. The van der Waals surface area contributed by atoms with E-state index in [1.807, 2.05) is 0 Å². The van der Waals surface area contributed by atoms with Crippen LogP contribution in [-0.4, -0.2) is 106 Å². The molecule has 0 saturated carbocycles. The number of likely N-dealkylation sites (tertiary alicyclic amines) is 1. The summed E-state index contributed by atoms with van der Waals surface area (Å²) >= 11 is 0. The predicted octanol–water partition coefficient (Wildman–Crippen LogP) is 2.23. The lowest BCUT2D eigenvalue weighted by atomic mass is 10.1. The molecule has 0 radical (unpaired) electrons. The van der Waals surface area contributed by atoms with E-state index in [1.165, 1.54) is 71.6 Å². The first kappa shape index (κ1) is 48.1. The van der Waals surface area contributed by atoms with Crippen molar-refractivity contribution >= 4 is 47.3 Å². The van der Waals surface area contributed by atoms with E-state index in [0.717, 1.165) is 31.2 Å². The SMILES string of the molecule is CCCCCCCCCCCC(=O)N[C@@H](C)C(=O)N[C@@H](C)C(=O)N[C@@H](C)C(=O)N[C@@H](C)C(=O)N[C@@H](C)C(=O)N1CCC[C@H]1C(=O)N[C@@H](Cc1ccccc1)C(=O)O. The Morgan fingerprint density at radius 1 is 0.632 bits per heavy atom. The van der Waals surface area contributed by atoms with Gasteiger partial charge in [0, 0.05) is 19.4 Å². The van der Waals surface area contributed by atoms with Gasteiger partial charge in [0.25, 0.3) is 0 Å². The van der Waals surface area contributed by atoms with Crippen LogP contribution < -0.4 is 31.9 Å². The molecule has 16 heteroatoms. The van der Waals surface area contributed by atoms with Gasteiger partial charge >= 0.3 is 5.97 Å². The first-order chi connectivity index (χ1) is 27.0. The lowest BCUT2D eigenvalue weighted by Crippen LogP contribution is -2.58. The maximum Gasteiger partial charge on any atom is 0.326 e. The minimum atomic E-state index is -1.21. The van der Waals surface area contributed by atoms with Gasteiger partial charge in [0.1, 0.15) is 42.3 Å². The van der Waals surface area contributed by atoms with Crippen LogP contribution in [0.25, 0.3) is 0 Å². The number of hydrogen-bond donors (Lipinski definition) is 7. The fraction of sp³-hybridized carbons (Fsp3) is 0.659. The molecule has 7 atom stereocenters. The number of amides is 7. The van der Waals surface area contributed by atoms with Crippen molar-refractivity contribution in [1.82, 2.24) is 36.8 Å². The van der Waals surface area contributed by atoms with Gasteiger partial charge in [-0.15, -0.1) is 0 Å². The van der Waals surface area contributed by atoms with Gasteiger partial charge in [-0.1, -0.05) is 88.6 Å². The van der Waals surface area contributed by atoms with Crippen molar-refractivity contribution in [3.8, 4) is 0 Å². The number of carboxylic acid groups (broad SMARTS) is 1. The standard InChI is InChI=1S/C41H65N7O9/c1-7-8-9-10-11-12-13-14-18-23-34(49)42-26(2)35(50)43-27(3)36(51)44-28(4)37(52)45-29(5)38(53)46-30(6)40(55)48-24-19-22-33(48)39(54)47-32(41(56)57)25-31-20-16-15-17-21-31/h15-17,20-21,26-30,32-33H,7-14,18-19,22-25H2,1-6H3,(H,42,49)(H,43,50)(H,44,51)(H,45,52)(H,46,53)(H,47,54)(H,56,57)/t26-,27-,28-,29-,30-,32-,33-/m0/s1. The third-order valence-electron chi connectivity index (χ3n) is 10.00. The minimum absolute atomic E-state index is 0.0657. The Morgan fingerprint density at radius 3 is 1.58 bits per heavy atom. The molecule has 1 fully saturated rings. The molecule has 16 nitrogen and oxygen atoms in total. The Kier molecular flexibility index (Phi) is 21.3. The van der Waals surface area contributed by atoms with Crippen LogP contribution in [0.1, 0.15) is 124 Å². The highest BCUT2D eigenvalue weighted by atomic mass is 16.4. The summed E-state index contributed by atoms with van der Waals surface area (Å²) in [6, 6.07) is 1.53. The number of unbranched alkanes of at least 4 members (excludes halogenated alkanes) is 8. The number of aliphatic carboxylic acids is 1. The molecule has 0 aliphatic carbocycles. The fourth-order valence-electron chi connectivity index (χ4n) is 6.46. The first-order valence-electron chi connectivity index (χ1n) is 20.4. The summed E-state index contributed by atoms with van der Waals surface area (Å²) in [5.74, 6) is -5.19. The van der Waals surface area contributed by atoms with E-state index in [4.69, 9.17) is 0 Å². The van der Waals surface area contributed by atoms with Crippen LogP contribution in [-0.2, 0) is 44.8 Å². The van der Waals surface area contributed by atoms with E-state index < -0.39 is 83.7 Å². The Labute approximate surface area is 336 Å². The lowest BCUT2D eigenvalue weighted by Gasteiger charge is -2.28. The highest BCUT2D eigenvalue weighted by molar-refractivity contribution is 5.97. The summed E-state index contributed by atoms with van der Waals surface area (Å²) in [7, 11) is 0. The quantitative estimate of drug-likeness (QED) is 0.0718. The number of benzene rings is 1. The Morgan fingerprint density at radius 2 is 1.09 bits per heavy atom. The molecular weight excluding hydrogens is 734 g/mol. The molecule has 1 saturated heterocycles. The number of carbonyl (C=O) groups is 8. The van der Waals surface area contributed by atoms with Crippen molar-refractivity contribution in [1.29, 1.82) is 0 Å². The third kappa shape index (κ3) is 17.3. The fourth-order valence-corrected chi connectivity index (χ4v) is 6.46. The molecule has 7 amide bonds. The van der Waals surface area contributed by atoms with Crippen molar-refractivity contribution in [2.24, 2.45) is 0 Å². The van der Waals surface area contributed by atoms with Gasteiger partial charge in [-0.05, 0) is 59.4 Å². The average Bonchev–Trinajstić information content (AvgIpc) is 3.67. The molecule has 0 spiro atoms. The average molecular weight is 800 g/mol. The summed E-state index contributed by atoms with van der Waals surface area (Å²) < 4.78 is 0. The van der Waals surface area contributed by atoms with Gasteiger partial charge < -0.3 is 41.9 Å². The second-order valence-corrected chi connectivity index (χ2v) is 15.1. The van der Waals surface area contributed by atoms with Gasteiger partial charge in [-0.2, -0.15) is 0 Å². The highest BCUT2D eigenvalue weighted by Gasteiger charge is 2.38. The molecule has 7 N–H and O–H groups in total. The van der Waals surface area contributed by atoms with E-state index in [1.54, 1.807) is 30.3 Å². The Balaban J connectivity index is 1.76. The molecular formula is C41H65N7O9. The lowest BCUT2D eigenvalue weighted by molar-refractivity contribution is -0.144. The zero-order chi connectivity index (χ0) is 42.5. The molecule has 57 heavy (non-hydrogen) atoms. The summed E-state index contributed by atoms with van der Waals surface area (Å²) in [4.78, 5) is 103. The summed E-state index contributed by atoms with van der Waals surface area (Å²) in [6.07, 6.45) is 11.3. The molecule has 1 aliphatic heterocycles. The molecule has 0 unspecified atom stereocenters. The first-order valence-corrected chi connectivity index (χ1v) is 20.4. The van der Waals surface area contributed by atoms with Gasteiger partial charge in [0.2, 0.25) is 41.4 Å². The molecule has 1 heterocycles. The van der Waals surface area contributed by atoms with Gasteiger partial charge in [-0.25, -0.2) is 4.79 Å². The topological polar surface area (TPSA) is 232 Å². The smallest absolute Gasteiger partial charge is 0.326 e. The van der Waals surface area contributed by atoms with E-state index in [-0.39, 0.29) is 18.9 Å². The zero-order valence-electron chi connectivity index (χ0n) is 34.5. The molecule has 0 bridgehead atoms. The number of nitrogens with zero attached hydrogens (tertiary/aromatic N) is 1. The van der Waals surface area contributed by atoms with Crippen LogP contribution in [0.3, 0.4) is 0 Å². The van der Waals surface area contributed by atoms with Gasteiger partial charge in [0.05, 0.1) is 0 Å². The molecule has 1 aromatic carbocycles. The maximum absolute atomic E-state index is 13.4. The van der Waals surface area contributed by atoms with Gasteiger partial charge in [0.15, 0.2) is 0 Å². The van der Waals surface area contributed by atoms with E-state index in [9.17, 15) is 43.5 Å². The molecule has 1 aromatic rings. The van der Waals surface area contributed by atoms with E-state index in [0.29, 0.717) is 19.3 Å². The van der Waals surface area contributed by atoms with Crippen LogP contribution in [0.15, 0.2) is 30.3 Å². The molecule has 0 aromatic heterocycles. The van der Waals surface area contributed by atoms with Crippen molar-refractivity contribution < 1.29 is 43.5 Å². The molecule has 2 rings (SSSR count). The third-order valence-corrected chi connectivity index (χ3v) is 10.00. The predicted molar refractivity (Wildman–Crippen MR) is 214 cm³/mol. The zero-order valence-corrected chi connectivity index (χ0v) is 34.5. The summed E-state index contributed by atoms with van der Waals surface area (Å²) in [6.45, 7) is 9.64. The van der Waals surface area contributed by atoms with Crippen LogP contribution in [0.5, 0.6) is 0 Å². The number of hydrogen-bond acceptors (Lipinski definition) is 8. The molecule has 1 aliphatic rings. The normalized spacial score (nSPS) is 16.8. The van der Waals surface area contributed by atoms with Gasteiger partial charge in [-0.3, -0.25) is 33.6 Å². The maximum atomic E-state index is 13.4. The molecule has 318 valence electrons. The van der Waals surface area contributed by atoms with E-state index in [2.05, 4.69) is 38.8 Å². The summed E-state index contributed by atoms with van der Waals surface area (Å²) in [5.41, 5.74) is 0.726. The Hall–Kier alpha value is -5.02. The minimum Gasteiger partial charge on any atom is -0.480 e. The number of nitrogens with one attached hydrogen (secondary N) is 6. The number of carboxylic acids is 1. The van der Waals surface area contributed by atoms with Crippen LogP contribution in [0.2, 0.25) is 0 Å². The number of rotatable bonds is 25.